The maximum Gasteiger partial charge on any atom is 0.194 e. The van der Waals surface area contributed by atoms with Crippen LogP contribution < -0.4 is 5.32 Å². The average Bonchev–Trinajstić information content (AvgIpc) is 2.66. The highest BCUT2D eigenvalue weighted by Gasteiger charge is 2.15. The largest absolute Gasteiger partial charge is 0.358 e. The molecular formula is C18H15NO. The van der Waals surface area contributed by atoms with E-state index in [0.29, 0.717) is 11.1 Å². The van der Waals surface area contributed by atoms with Crippen LogP contribution >= 0.6 is 0 Å². The number of para-hydroxylation sites is 1. The molecule has 0 aliphatic carbocycles. The summed E-state index contributed by atoms with van der Waals surface area (Å²) in [7, 11) is 0. The van der Waals surface area contributed by atoms with Gasteiger partial charge in [0, 0.05) is 22.5 Å². The molecule has 0 unspecified atom stereocenters. The Bertz CT molecular complexity index is 711. The molecule has 2 aromatic rings. The second-order valence-electron chi connectivity index (χ2n) is 4.78. The minimum atomic E-state index is 0.0413. The second kappa shape index (κ2) is 5.17. The third-order valence-corrected chi connectivity index (χ3v) is 3.40. The molecule has 0 fully saturated rings. The van der Waals surface area contributed by atoms with Crippen LogP contribution in [0.4, 0.5) is 5.69 Å². The standard InChI is InChI=1S/C18H15NO/c1-13-16(18(20)15-8-3-2-4-9-15)12-11-14-7-5-6-10-17(14)19-13/h2-12,19H,1H3. The van der Waals surface area contributed by atoms with Crippen LogP contribution in [-0.4, -0.2) is 5.78 Å². The summed E-state index contributed by atoms with van der Waals surface area (Å²) in [4.78, 5) is 12.6. The molecule has 98 valence electrons. The van der Waals surface area contributed by atoms with Gasteiger partial charge in [0.25, 0.3) is 0 Å². The number of hydrogen-bond donors (Lipinski definition) is 1. The first-order chi connectivity index (χ1) is 9.75. The van der Waals surface area contributed by atoms with Crippen LogP contribution in [-0.2, 0) is 0 Å². The van der Waals surface area contributed by atoms with E-state index in [2.05, 4.69) is 5.32 Å². The van der Waals surface area contributed by atoms with Gasteiger partial charge in [0.05, 0.1) is 0 Å². The second-order valence-corrected chi connectivity index (χ2v) is 4.78. The molecule has 0 saturated carbocycles. The highest BCUT2D eigenvalue weighted by Crippen LogP contribution is 2.25. The molecule has 0 saturated heterocycles. The minimum absolute atomic E-state index is 0.0413. The molecule has 0 bridgehead atoms. The van der Waals surface area contributed by atoms with E-state index in [1.54, 1.807) is 0 Å². The van der Waals surface area contributed by atoms with Gasteiger partial charge in [-0.25, -0.2) is 0 Å². The molecule has 0 atom stereocenters. The third-order valence-electron chi connectivity index (χ3n) is 3.40. The van der Waals surface area contributed by atoms with Gasteiger partial charge in [0.1, 0.15) is 0 Å². The van der Waals surface area contributed by atoms with Crippen molar-refractivity contribution in [2.24, 2.45) is 0 Å². The lowest BCUT2D eigenvalue weighted by molar-refractivity contribution is 0.103. The van der Waals surface area contributed by atoms with Crippen LogP contribution in [0.5, 0.6) is 0 Å². The Hall–Kier alpha value is -2.61. The van der Waals surface area contributed by atoms with Crippen LogP contribution in [0, 0.1) is 0 Å². The van der Waals surface area contributed by atoms with Crippen LogP contribution in [0.15, 0.2) is 71.9 Å². The number of anilines is 1. The van der Waals surface area contributed by atoms with Crippen molar-refractivity contribution in [1.82, 2.24) is 0 Å². The van der Waals surface area contributed by atoms with Crippen molar-refractivity contribution in [2.75, 3.05) is 5.32 Å². The van der Waals surface area contributed by atoms with Gasteiger partial charge in [0.2, 0.25) is 0 Å². The summed E-state index contributed by atoms with van der Waals surface area (Å²) in [5, 5.41) is 3.32. The van der Waals surface area contributed by atoms with Crippen LogP contribution in [0.1, 0.15) is 22.8 Å². The summed E-state index contributed by atoms with van der Waals surface area (Å²) >= 11 is 0. The number of allylic oxidation sites excluding steroid dienone is 3. The highest BCUT2D eigenvalue weighted by molar-refractivity contribution is 6.12. The Morgan fingerprint density at radius 1 is 0.900 bits per heavy atom. The van der Waals surface area contributed by atoms with Gasteiger partial charge in [-0.1, -0.05) is 54.6 Å². The molecule has 1 heterocycles. The molecule has 2 heteroatoms. The number of nitrogens with one attached hydrogen (secondary N) is 1. The fourth-order valence-corrected chi connectivity index (χ4v) is 2.31. The SMILES string of the molecule is CC1=C(C(=O)c2ccccc2)C=Cc2ccccc2N1. The van der Waals surface area contributed by atoms with Crippen molar-refractivity contribution in [3.63, 3.8) is 0 Å². The fourth-order valence-electron chi connectivity index (χ4n) is 2.31. The summed E-state index contributed by atoms with van der Waals surface area (Å²) in [6, 6.07) is 17.4. The van der Waals surface area contributed by atoms with Gasteiger partial charge in [-0.3, -0.25) is 4.79 Å². The number of hydrogen-bond acceptors (Lipinski definition) is 2. The number of ketones is 1. The first-order valence-electron chi connectivity index (χ1n) is 6.60. The first kappa shape index (κ1) is 12.4. The van der Waals surface area contributed by atoms with E-state index in [9.17, 15) is 4.79 Å². The predicted octanol–water partition coefficient (Wildman–Crippen LogP) is 4.28. The number of fused-ring (bicyclic) bond motifs is 1. The Balaban J connectivity index is 2.01. The molecule has 0 radical (unpaired) electrons. The lowest BCUT2D eigenvalue weighted by Gasteiger charge is -2.10. The Kier molecular flexibility index (Phi) is 3.21. The molecule has 1 N–H and O–H groups in total. The molecular weight excluding hydrogens is 246 g/mol. The topological polar surface area (TPSA) is 29.1 Å². The van der Waals surface area contributed by atoms with Crippen LogP contribution in [0.2, 0.25) is 0 Å². The molecule has 20 heavy (non-hydrogen) atoms. The molecule has 1 aliphatic rings. The van der Waals surface area contributed by atoms with E-state index in [1.807, 2.05) is 73.7 Å². The number of rotatable bonds is 2. The van der Waals surface area contributed by atoms with E-state index in [4.69, 9.17) is 0 Å². The Morgan fingerprint density at radius 3 is 2.40 bits per heavy atom. The quantitative estimate of drug-likeness (QED) is 0.817. The number of carbonyl (C=O) groups is 1. The minimum Gasteiger partial charge on any atom is -0.358 e. The monoisotopic (exact) mass is 261 g/mol. The maximum absolute atomic E-state index is 12.6. The lowest BCUT2D eigenvalue weighted by Crippen LogP contribution is -2.07. The van der Waals surface area contributed by atoms with E-state index >= 15 is 0 Å². The average molecular weight is 261 g/mol. The molecule has 0 aromatic heterocycles. The fraction of sp³-hybridized carbons (Fsp3) is 0.0556. The zero-order chi connectivity index (χ0) is 13.9. The van der Waals surface area contributed by atoms with Gasteiger partial charge in [0.15, 0.2) is 5.78 Å². The van der Waals surface area contributed by atoms with Gasteiger partial charge < -0.3 is 5.32 Å². The van der Waals surface area contributed by atoms with Gasteiger partial charge in [-0.05, 0) is 24.6 Å². The van der Waals surface area contributed by atoms with E-state index in [-0.39, 0.29) is 5.78 Å². The zero-order valence-electron chi connectivity index (χ0n) is 11.3. The van der Waals surface area contributed by atoms with E-state index in [0.717, 1.165) is 16.9 Å². The van der Waals surface area contributed by atoms with Crippen molar-refractivity contribution in [1.29, 1.82) is 0 Å². The summed E-state index contributed by atoms with van der Waals surface area (Å²) in [6.45, 7) is 1.93. The molecule has 2 nitrogen and oxygen atoms in total. The Morgan fingerprint density at radius 2 is 1.60 bits per heavy atom. The van der Waals surface area contributed by atoms with E-state index in [1.165, 1.54) is 0 Å². The Labute approximate surface area is 118 Å². The molecule has 0 spiro atoms. The van der Waals surface area contributed by atoms with Crippen molar-refractivity contribution in [2.45, 2.75) is 6.92 Å². The van der Waals surface area contributed by atoms with Crippen molar-refractivity contribution < 1.29 is 4.79 Å². The van der Waals surface area contributed by atoms with Crippen LogP contribution in [0.25, 0.3) is 6.08 Å². The van der Waals surface area contributed by atoms with Crippen molar-refractivity contribution in [3.05, 3.63) is 83.1 Å². The summed E-state index contributed by atoms with van der Waals surface area (Å²) in [6.07, 6.45) is 3.87. The molecule has 2 aromatic carbocycles. The van der Waals surface area contributed by atoms with Crippen molar-refractivity contribution in [3.8, 4) is 0 Å². The van der Waals surface area contributed by atoms with Crippen LogP contribution in [0.3, 0.4) is 0 Å². The number of carbonyl (C=O) groups excluding carboxylic acids is 1. The number of benzene rings is 2. The summed E-state index contributed by atoms with van der Waals surface area (Å²) in [5.74, 6) is 0.0413. The van der Waals surface area contributed by atoms with Gasteiger partial charge in [-0.2, -0.15) is 0 Å². The normalized spacial score (nSPS) is 13.4. The van der Waals surface area contributed by atoms with Gasteiger partial charge >= 0.3 is 0 Å². The third kappa shape index (κ3) is 2.28. The number of Topliss-reactive ketones (excluding diaryl/α,β-unsaturated/α-hetero) is 1. The summed E-state index contributed by atoms with van der Waals surface area (Å²) < 4.78 is 0. The maximum atomic E-state index is 12.6. The first-order valence-corrected chi connectivity index (χ1v) is 6.60. The van der Waals surface area contributed by atoms with E-state index < -0.39 is 0 Å². The molecule has 3 rings (SSSR count). The zero-order valence-corrected chi connectivity index (χ0v) is 11.3. The van der Waals surface area contributed by atoms with Crippen molar-refractivity contribution >= 4 is 17.5 Å². The lowest BCUT2D eigenvalue weighted by atomic mass is 10.0. The smallest absolute Gasteiger partial charge is 0.194 e. The predicted molar refractivity (Wildman–Crippen MR) is 82.6 cm³/mol. The highest BCUT2D eigenvalue weighted by atomic mass is 16.1. The van der Waals surface area contributed by atoms with Gasteiger partial charge in [-0.15, -0.1) is 0 Å². The summed E-state index contributed by atoms with van der Waals surface area (Å²) in [5.41, 5.74) is 4.39. The molecule has 1 aliphatic heterocycles. The molecule has 0 amide bonds.